The van der Waals surface area contributed by atoms with Crippen molar-refractivity contribution in [2.24, 2.45) is 0 Å². The Kier molecular flexibility index (Phi) is 5.63. The van der Waals surface area contributed by atoms with Gasteiger partial charge in [-0.1, -0.05) is 18.2 Å². The molecule has 6 heteroatoms. The third-order valence-electron chi connectivity index (χ3n) is 3.27. The highest BCUT2D eigenvalue weighted by Crippen LogP contribution is 2.29. The molecule has 0 amide bonds. The lowest BCUT2D eigenvalue weighted by atomic mass is 10.1. The molecule has 2 rings (SSSR count). The molecule has 0 bridgehead atoms. The fourth-order valence-corrected chi connectivity index (χ4v) is 2.26. The molecule has 0 aliphatic heterocycles. The van der Waals surface area contributed by atoms with Gasteiger partial charge >= 0.3 is 11.9 Å². The lowest BCUT2D eigenvalue weighted by Crippen LogP contribution is -2.24. The van der Waals surface area contributed by atoms with Crippen molar-refractivity contribution >= 4 is 11.9 Å². The molecule has 0 spiro atoms. The molecule has 0 fully saturated rings. The van der Waals surface area contributed by atoms with E-state index in [1.165, 1.54) is 24.3 Å². The number of esters is 1. The van der Waals surface area contributed by atoms with Gasteiger partial charge in [-0.25, -0.2) is 4.79 Å². The number of benzene rings is 2. The molecule has 0 atom stereocenters. The van der Waals surface area contributed by atoms with E-state index in [1.54, 1.807) is 39.0 Å². The van der Waals surface area contributed by atoms with Crippen LogP contribution >= 0.6 is 0 Å². The van der Waals surface area contributed by atoms with Crippen LogP contribution in [0.4, 0.5) is 0 Å². The quantitative estimate of drug-likeness (QED) is 0.818. The van der Waals surface area contributed by atoms with Crippen LogP contribution in [0.5, 0.6) is 11.5 Å². The van der Waals surface area contributed by atoms with Crippen LogP contribution in [0.2, 0.25) is 0 Å². The molecule has 0 unspecified atom stereocenters. The maximum Gasteiger partial charge on any atom is 0.339 e. The van der Waals surface area contributed by atoms with E-state index >= 15 is 0 Å². The molecule has 0 aromatic heterocycles. The summed E-state index contributed by atoms with van der Waals surface area (Å²) in [6.45, 7) is 5.34. The van der Waals surface area contributed by atoms with E-state index in [2.05, 4.69) is 0 Å². The predicted molar refractivity (Wildman–Crippen MR) is 94.2 cm³/mol. The van der Waals surface area contributed by atoms with Gasteiger partial charge in [0.25, 0.3) is 0 Å². The van der Waals surface area contributed by atoms with Crippen molar-refractivity contribution in [1.82, 2.24) is 0 Å². The standard InChI is InChI=1S/C20H19NO5/c1-20(2,3)26-18(22)11-13-8-9-16(14(10-13)12-21)25-17-7-5-4-6-15(17)19(23)24/h4-10H,11H2,1-3H3,(H,23,24). The lowest BCUT2D eigenvalue weighted by Gasteiger charge is -2.19. The Hall–Kier alpha value is -3.33. The summed E-state index contributed by atoms with van der Waals surface area (Å²) in [6.07, 6.45) is 0.0257. The average molecular weight is 353 g/mol. The molecule has 0 saturated heterocycles. The minimum atomic E-state index is -1.12. The molecule has 0 radical (unpaired) electrons. The Morgan fingerprint density at radius 1 is 1.12 bits per heavy atom. The average Bonchev–Trinajstić information content (AvgIpc) is 2.54. The smallest absolute Gasteiger partial charge is 0.339 e. The van der Waals surface area contributed by atoms with E-state index < -0.39 is 17.5 Å². The second kappa shape index (κ2) is 7.70. The lowest BCUT2D eigenvalue weighted by molar-refractivity contribution is -0.153. The Morgan fingerprint density at radius 2 is 1.81 bits per heavy atom. The van der Waals surface area contributed by atoms with Crippen LogP contribution in [0.3, 0.4) is 0 Å². The molecule has 1 N–H and O–H groups in total. The molecule has 0 aliphatic carbocycles. The van der Waals surface area contributed by atoms with Gasteiger partial charge in [0, 0.05) is 0 Å². The van der Waals surface area contributed by atoms with Crippen molar-refractivity contribution in [2.75, 3.05) is 0 Å². The van der Waals surface area contributed by atoms with Crippen molar-refractivity contribution < 1.29 is 24.2 Å². The minimum Gasteiger partial charge on any atom is -0.478 e. The summed E-state index contributed by atoms with van der Waals surface area (Å²) in [5, 5.41) is 18.6. The van der Waals surface area contributed by atoms with Crippen molar-refractivity contribution in [2.45, 2.75) is 32.8 Å². The van der Waals surface area contributed by atoms with E-state index in [0.29, 0.717) is 5.56 Å². The van der Waals surface area contributed by atoms with E-state index in [1.807, 2.05) is 6.07 Å². The SMILES string of the molecule is CC(C)(C)OC(=O)Cc1ccc(Oc2ccccc2C(=O)O)c(C#N)c1. The maximum absolute atomic E-state index is 11.9. The van der Waals surface area contributed by atoms with Crippen LogP contribution in [0, 0.1) is 11.3 Å². The van der Waals surface area contributed by atoms with Crippen molar-refractivity contribution in [1.29, 1.82) is 5.26 Å². The molecule has 26 heavy (non-hydrogen) atoms. The minimum absolute atomic E-state index is 0.00535. The maximum atomic E-state index is 11.9. The fourth-order valence-electron chi connectivity index (χ4n) is 2.26. The largest absolute Gasteiger partial charge is 0.478 e. The molecule has 6 nitrogen and oxygen atoms in total. The Bertz CT molecular complexity index is 875. The molecular weight excluding hydrogens is 334 g/mol. The van der Waals surface area contributed by atoms with E-state index in [9.17, 15) is 20.0 Å². The van der Waals surface area contributed by atoms with Gasteiger partial charge in [0.1, 0.15) is 28.7 Å². The van der Waals surface area contributed by atoms with E-state index in [0.717, 1.165) is 0 Å². The first-order valence-electron chi connectivity index (χ1n) is 7.94. The summed E-state index contributed by atoms with van der Waals surface area (Å²) in [5.74, 6) is -1.17. The summed E-state index contributed by atoms with van der Waals surface area (Å²) in [6, 6.07) is 12.9. The molecular formula is C20H19NO5. The first kappa shape index (κ1) is 19.0. The van der Waals surface area contributed by atoms with Gasteiger partial charge < -0.3 is 14.6 Å². The van der Waals surface area contributed by atoms with Crippen LogP contribution in [0.25, 0.3) is 0 Å². The summed E-state index contributed by atoms with van der Waals surface area (Å²) < 4.78 is 10.9. The van der Waals surface area contributed by atoms with Crippen molar-refractivity contribution in [3.63, 3.8) is 0 Å². The van der Waals surface area contributed by atoms with Crippen LogP contribution in [-0.2, 0) is 16.0 Å². The number of ether oxygens (including phenoxy) is 2. The third-order valence-corrected chi connectivity index (χ3v) is 3.27. The van der Waals surface area contributed by atoms with Gasteiger partial charge in [0.2, 0.25) is 0 Å². The summed E-state index contributed by atoms with van der Waals surface area (Å²) in [5.41, 5.74) is 0.216. The summed E-state index contributed by atoms with van der Waals surface area (Å²) in [4.78, 5) is 23.2. The Labute approximate surface area is 151 Å². The number of carboxylic acids is 1. The van der Waals surface area contributed by atoms with Gasteiger partial charge in [0.05, 0.1) is 12.0 Å². The fraction of sp³-hybridized carbons (Fsp3) is 0.250. The zero-order chi connectivity index (χ0) is 19.3. The molecule has 0 saturated carbocycles. The number of nitriles is 1. The summed E-state index contributed by atoms with van der Waals surface area (Å²) >= 11 is 0. The van der Waals surface area contributed by atoms with Gasteiger partial charge in [-0.2, -0.15) is 5.26 Å². The number of carbonyl (C=O) groups excluding carboxylic acids is 1. The number of nitrogens with zero attached hydrogens (tertiary/aromatic N) is 1. The monoisotopic (exact) mass is 353 g/mol. The van der Waals surface area contributed by atoms with Crippen LogP contribution in [0.1, 0.15) is 42.3 Å². The number of rotatable bonds is 5. The number of carboxylic acid groups (broad SMARTS) is 1. The molecule has 134 valence electrons. The predicted octanol–water partition coefficient (Wildman–Crippen LogP) is 3.93. The molecule has 2 aromatic rings. The topological polar surface area (TPSA) is 96.6 Å². The van der Waals surface area contributed by atoms with Crippen molar-refractivity contribution in [3.05, 3.63) is 59.2 Å². The normalized spacial score (nSPS) is 10.7. The van der Waals surface area contributed by atoms with E-state index in [-0.39, 0.29) is 29.0 Å². The molecule has 0 heterocycles. The number of aromatic carboxylic acids is 1. The third kappa shape index (κ3) is 5.08. The highest BCUT2D eigenvalue weighted by atomic mass is 16.6. The second-order valence-corrected chi connectivity index (χ2v) is 6.61. The number of hydrogen-bond acceptors (Lipinski definition) is 5. The van der Waals surface area contributed by atoms with Crippen LogP contribution in [0.15, 0.2) is 42.5 Å². The van der Waals surface area contributed by atoms with Crippen LogP contribution in [-0.4, -0.2) is 22.6 Å². The summed E-state index contributed by atoms with van der Waals surface area (Å²) in [7, 11) is 0. The Balaban J connectivity index is 2.24. The van der Waals surface area contributed by atoms with Gasteiger partial charge in [0.15, 0.2) is 0 Å². The van der Waals surface area contributed by atoms with Crippen molar-refractivity contribution in [3.8, 4) is 17.6 Å². The molecule has 2 aromatic carbocycles. The number of para-hydroxylation sites is 1. The van der Waals surface area contributed by atoms with E-state index in [4.69, 9.17) is 9.47 Å². The van der Waals surface area contributed by atoms with Gasteiger partial charge in [-0.3, -0.25) is 4.79 Å². The highest BCUT2D eigenvalue weighted by Gasteiger charge is 2.18. The Morgan fingerprint density at radius 3 is 2.42 bits per heavy atom. The first-order valence-corrected chi connectivity index (χ1v) is 7.94. The first-order chi connectivity index (χ1) is 12.2. The number of carbonyl (C=O) groups is 2. The van der Waals surface area contributed by atoms with Crippen LogP contribution < -0.4 is 4.74 Å². The van der Waals surface area contributed by atoms with Gasteiger partial charge in [-0.15, -0.1) is 0 Å². The van der Waals surface area contributed by atoms with Gasteiger partial charge in [-0.05, 0) is 50.6 Å². The molecule has 0 aliphatic rings. The zero-order valence-corrected chi connectivity index (χ0v) is 14.8. The highest BCUT2D eigenvalue weighted by molar-refractivity contribution is 5.91. The second-order valence-electron chi connectivity index (χ2n) is 6.61. The number of hydrogen-bond donors (Lipinski definition) is 1. The zero-order valence-electron chi connectivity index (χ0n) is 14.8.